The Bertz CT molecular complexity index is 1210. The van der Waals surface area contributed by atoms with Crippen LogP contribution in [0, 0.1) is 11.3 Å². The lowest BCUT2D eigenvalue weighted by Crippen LogP contribution is -2.06. The Kier molecular flexibility index (Phi) is 6.58. The van der Waals surface area contributed by atoms with Crippen molar-refractivity contribution in [3.05, 3.63) is 94.0 Å². The lowest BCUT2D eigenvalue weighted by Gasteiger charge is -2.07. The van der Waals surface area contributed by atoms with Crippen LogP contribution in [-0.2, 0) is 0 Å². The first-order valence-electron chi connectivity index (χ1n) is 8.89. The molecule has 0 aliphatic rings. The van der Waals surface area contributed by atoms with Gasteiger partial charge >= 0.3 is 0 Å². The molecule has 3 rings (SSSR count). The maximum absolute atomic E-state index is 10.3. The minimum absolute atomic E-state index is 0.00931. The number of hydrogen-bond donors (Lipinski definition) is 2. The van der Waals surface area contributed by atoms with Crippen molar-refractivity contribution in [2.24, 2.45) is 15.0 Å². The molecule has 6 nitrogen and oxygen atoms in total. The van der Waals surface area contributed by atoms with E-state index >= 15 is 0 Å². The zero-order valence-corrected chi connectivity index (χ0v) is 16.7. The van der Waals surface area contributed by atoms with E-state index in [0.29, 0.717) is 27.3 Å². The van der Waals surface area contributed by atoms with Crippen molar-refractivity contribution in [1.82, 2.24) is 0 Å². The van der Waals surface area contributed by atoms with Crippen LogP contribution in [0.1, 0.15) is 22.3 Å². The van der Waals surface area contributed by atoms with Crippen molar-refractivity contribution in [3.63, 3.8) is 0 Å². The first-order valence-corrected chi connectivity index (χ1v) is 9.26. The van der Waals surface area contributed by atoms with Gasteiger partial charge in [-0.2, -0.15) is 5.26 Å². The van der Waals surface area contributed by atoms with E-state index in [0.717, 1.165) is 0 Å². The maximum Gasteiger partial charge on any atom is 0.165 e. The maximum atomic E-state index is 10.3. The van der Waals surface area contributed by atoms with Crippen LogP contribution < -0.4 is 0 Å². The summed E-state index contributed by atoms with van der Waals surface area (Å²) in [5.74, 6) is 0.434. The van der Waals surface area contributed by atoms with Gasteiger partial charge in [0.05, 0.1) is 22.8 Å². The highest BCUT2D eigenvalue weighted by atomic mass is 35.5. The van der Waals surface area contributed by atoms with Crippen LogP contribution in [0.4, 0.5) is 0 Å². The van der Waals surface area contributed by atoms with Crippen LogP contribution in [0.5, 0.6) is 11.5 Å². The molecule has 0 atom stereocenters. The van der Waals surface area contributed by atoms with E-state index in [2.05, 4.69) is 15.0 Å². The third kappa shape index (κ3) is 4.90. The van der Waals surface area contributed by atoms with Crippen LogP contribution in [0.25, 0.3) is 0 Å². The van der Waals surface area contributed by atoms with Crippen molar-refractivity contribution in [2.45, 2.75) is 0 Å². The summed E-state index contributed by atoms with van der Waals surface area (Å²) < 4.78 is 0. The van der Waals surface area contributed by atoms with Gasteiger partial charge in [-0.15, -0.1) is 0 Å². The van der Waals surface area contributed by atoms with Gasteiger partial charge in [0.1, 0.15) is 11.5 Å². The molecule has 0 saturated heterocycles. The molecule has 0 unspecified atom stereocenters. The molecule has 7 heteroatoms. The third-order valence-electron chi connectivity index (χ3n) is 4.10. The number of hydrogen-bond acceptors (Lipinski definition) is 4. The lowest BCUT2D eigenvalue weighted by molar-refractivity contribution is 0.474. The molecule has 0 aliphatic heterocycles. The van der Waals surface area contributed by atoms with Crippen molar-refractivity contribution in [3.8, 4) is 17.6 Å². The standard InChI is InChI=1S/C23H17ClN4O2/c1-26-22(18-6-2-4-8-20(18)29)28-23(19-7-3-5-9-21(19)30)27-14-16-10-15(13-25)11-17(24)12-16/h2-12,14,29-30H,1H3. The van der Waals surface area contributed by atoms with Crippen LogP contribution in [0.2, 0.25) is 5.02 Å². The highest BCUT2D eigenvalue weighted by molar-refractivity contribution is 6.31. The van der Waals surface area contributed by atoms with E-state index < -0.39 is 0 Å². The van der Waals surface area contributed by atoms with Crippen molar-refractivity contribution in [2.75, 3.05) is 7.05 Å². The molecular formula is C23H17ClN4O2. The largest absolute Gasteiger partial charge is 0.507 e. The first-order chi connectivity index (χ1) is 14.5. The van der Waals surface area contributed by atoms with Gasteiger partial charge < -0.3 is 10.2 Å². The Balaban J connectivity index is 2.11. The molecule has 0 aromatic heterocycles. The number of nitrogens with zero attached hydrogens (tertiary/aromatic N) is 4. The Hall–Kier alpha value is -3.95. The summed E-state index contributed by atoms with van der Waals surface area (Å²) in [5, 5.41) is 30.0. The molecule has 0 heterocycles. The number of aromatic hydroxyl groups is 2. The van der Waals surface area contributed by atoms with Gasteiger partial charge in [0.25, 0.3) is 0 Å². The molecule has 0 bridgehead atoms. The van der Waals surface area contributed by atoms with Gasteiger partial charge in [0.2, 0.25) is 0 Å². The fraction of sp³-hybridized carbons (Fsp3) is 0.0435. The number of nitriles is 1. The van der Waals surface area contributed by atoms with E-state index in [1.807, 2.05) is 6.07 Å². The number of rotatable bonds is 3. The number of halogens is 1. The second-order valence-corrected chi connectivity index (χ2v) is 6.60. The molecule has 0 spiro atoms. The predicted octanol–water partition coefficient (Wildman–Crippen LogP) is 4.57. The van der Waals surface area contributed by atoms with Crippen LogP contribution in [0.15, 0.2) is 81.7 Å². The molecule has 0 fully saturated rings. The van der Waals surface area contributed by atoms with E-state index in [-0.39, 0.29) is 23.2 Å². The fourth-order valence-corrected chi connectivity index (χ4v) is 2.95. The van der Waals surface area contributed by atoms with Crippen LogP contribution >= 0.6 is 11.6 Å². The molecule has 0 amide bonds. The summed E-state index contributed by atoms with van der Waals surface area (Å²) in [5.41, 5.74) is 1.81. The minimum atomic E-state index is -0.00931. The third-order valence-corrected chi connectivity index (χ3v) is 4.32. The van der Waals surface area contributed by atoms with Gasteiger partial charge in [-0.3, -0.25) is 4.99 Å². The molecular weight excluding hydrogens is 400 g/mol. The number of phenols is 2. The lowest BCUT2D eigenvalue weighted by atomic mass is 10.1. The topological polar surface area (TPSA) is 101 Å². The molecule has 2 N–H and O–H groups in total. The SMILES string of the molecule is CN=C(N=C(N=Cc1cc(Cl)cc(C#N)c1)c1ccccc1O)c1ccccc1O. The number of amidine groups is 2. The summed E-state index contributed by atoms with van der Waals surface area (Å²) >= 11 is 6.06. The first kappa shape index (κ1) is 20.8. The number of aliphatic imine (C=N–C) groups is 3. The predicted molar refractivity (Wildman–Crippen MR) is 119 cm³/mol. The Labute approximate surface area is 178 Å². The van der Waals surface area contributed by atoms with Gasteiger partial charge in [-0.25, -0.2) is 9.98 Å². The van der Waals surface area contributed by atoms with E-state index in [1.54, 1.807) is 61.6 Å². The van der Waals surface area contributed by atoms with Crippen molar-refractivity contribution < 1.29 is 10.2 Å². The van der Waals surface area contributed by atoms with Crippen LogP contribution in [0.3, 0.4) is 0 Å². The molecule has 0 saturated carbocycles. The highest BCUT2D eigenvalue weighted by Gasteiger charge is 2.12. The van der Waals surface area contributed by atoms with Gasteiger partial charge in [0, 0.05) is 18.3 Å². The molecule has 0 radical (unpaired) electrons. The Morgan fingerprint density at radius 1 is 0.933 bits per heavy atom. The van der Waals surface area contributed by atoms with Gasteiger partial charge in [-0.05, 0) is 48.0 Å². The normalized spacial score (nSPS) is 12.2. The monoisotopic (exact) mass is 416 g/mol. The van der Waals surface area contributed by atoms with Crippen molar-refractivity contribution in [1.29, 1.82) is 5.26 Å². The molecule has 30 heavy (non-hydrogen) atoms. The van der Waals surface area contributed by atoms with E-state index in [4.69, 9.17) is 16.9 Å². The molecule has 3 aromatic carbocycles. The van der Waals surface area contributed by atoms with E-state index in [9.17, 15) is 10.2 Å². The second-order valence-electron chi connectivity index (χ2n) is 6.16. The quantitative estimate of drug-likeness (QED) is 0.483. The highest BCUT2D eigenvalue weighted by Crippen LogP contribution is 2.21. The average molecular weight is 417 g/mol. The second kappa shape index (κ2) is 9.50. The van der Waals surface area contributed by atoms with E-state index in [1.165, 1.54) is 18.3 Å². The smallest absolute Gasteiger partial charge is 0.165 e. The summed E-state index contributed by atoms with van der Waals surface area (Å²) in [6.07, 6.45) is 1.50. The summed E-state index contributed by atoms with van der Waals surface area (Å²) in [7, 11) is 1.55. The minimum Gasteiger partial charge on any atom is -0.507 e. The Morgan fingerprint density at radius 2 is 1.53 bits per heavy atom. The average Bonchev–Trinajstić information content (AvgIpc) is 2.75. The van der Waals surface area contributed by atoms with Crippen molar-refractivity contribution >= 4 is 29.5 Å². The zero-order chi connectivity index (χ0) is 21.5. The van der Waals surface area contributed by atoms with Crippen LogP contribution in [-0.4, -0.2) is 35.1 Å². The fourth-order valence-electron chi connectivity index (χ4n) is 2.70. The van der Waals surface area contributed by atoms with Gasteiger partial charge in [0.15, 0.2) is 11.7 Å². The summed E-state index contributed by atoms with van der Waals surface area (Å²) in [4.78, 5) is 13.1. The zero-order valence-electron chi connectivity index (χ0n) is 16.0. The number of para-hydroxylation sites is 2. The molecule has 0 aliphatic carbocycles. The molecule has 148 valence electrons. The Morgan fingerprint density at radius 3 is 2.10 bits per heavy atom. The van der Waals surface area contributed by atoms with Gasteiger partial charge in [-0.1, -0.05) is 35.9 Å². The number of benzene rings is 3. The number of phenolic OH excluding ortho intramolecular Hbond substituents is 2. The summed E-state index contributed by atoms with van der Waals surface area (Å²) in [6.45, 7) is 0. The molecule has 3 aromatic rings. The summed E-state index contributed by atoms with van der Waals surface area (Å²) in [6, 6.07) is 20.2.